The van der Waals surface area contributed by atoms with Crippen molar-refractivity contribution in [2.45, 2.75) is 50.1 Å². The molecular weight excluding hydrogens is 556 g/mol. The molecule has 0 atom stereocenters. The molecule has 8 aliphatic rings. The van der Waals surface area contributed by atoms with Gasteiger partial charge in [0.15, 0.2) is 34.6 Å². The number of rotatable bonds is 5. The van der Waals surface area contributed by atoms with Crippen LogP contribution in [-0.4, -0.2) is 43.1 Å². The zero-order valence-corrected chi connectivity index (χ0v) is 23.8. The molecule has 2 aromatic carbocycles. The largest absolute Gasteiger partial charge is 0.454 e. The Morgan fingerprint density at radius 3 is 2.09 bits per heavy atom. The van der Waals surface area contributed by atoms with Gasteiger partial charge in [0.2, 0.25) is 13.6 Å². The van der Waals surface area contributed by atoms with Crippen molar-refractivity contribution in [1.82, 2.24) is 29.5 Å². The minimum atomic E-state index is 0.235. The highest BCUT2D eigenvalue weighted by atomic mass is 16.7. The van der Waals surface area contributed by atoms with E-state index in [1.54, 1.807) is 0 Å². The number of aromatic nitrogens is 6. The van der Waals surface area contributed by atoms with Crippen LogP contribution in [0.5, 0.6) is 23.0 Å². The van der Waals surface area contributed by atoms with E-state index in [0.29, 0.717) is 12.0 Å². The molecule has 6 aliphatic heterocycles. The Hall–Kier alpha value is -5.12. The number of fused-ring (bicyclic) bond motifs is 4. The van der Waals surface area contributed by atoms with Crippen LogP contribution in [0, 0.1) is 0 Å². The zero-order valence-electron chi connectivity index (χ0n) is 23.8. The van der Waals surface area contributed by atoms with Gasteiger partial charge in [0, 0.05) is 40.1 Å². The van der Waals surface area contributed by atoms with Crippen molar-refractivity contribution in [1.29, 1.82) is 0 Å². The summed E-state index contributed by atoms with van der Waals surface area (Å²) >= 11 is 0. The van der Waals surface area contributed by atoms with Gasteiger partial charge in [0.05, 0.1) is 23.5 Å². The molecule has 0 saturated heterocycles. The van der Waals surface area contributed by atoms with Crippen LogP contribution >= 0.6 is 0 Å². The fourth-order valence-electron chi connectivity index (χ4n) is 7.03. The third-order valence-corrected chi connectivity index (χ3v) is 9.63. The maximum Gasteiger partial charge on any atom is 0.231 e. The van der Waals surface area contributed by atoms with Crippen molar-refractivity contribution >= 4 is 0 Å². The molecule has 0 spiro atoms. The first-order valence-corrected chi connectivity index (χ1v) is 15.3. The van der Waals surface area contributed by atoms with E-state index in [-0.39, 0.29) is 19.6 Å². The fraction of sp³-hybridized carbons (Fsp3) is 0.294. The van der Waals surface area contributed by atoms with Crippen molar-refractivity contribution in [3.8, 4) is 68.3 Å². The lowest BCUT2D eigenvalue weighted by Crippen LogP contribution is -2.32. The average Bonchev–Trinajstić information content (AvgIpc) is 3.80. The second-order valence-corrected chi connectivity index (χ2v) is 12.1. The molecule has 2 saturated carbocycles. The topological polar surface area (TPSA) is 98.3 Å². The quantitative estimate of drug-likeness (QED) is 0.220. The van der Waals surface area contributed by atoms with Gasteiger partial charge in [-0.05, 0) is 80.6 Å². The number of ether oxygens (including phenoxy) is 4. The highest BCUT2D eigenvalue weighted by molar-refractivity contribution is 5.79. The van der Waals surface area contributed by atoms with Crippen LogP contribution in [0.3, 0.4) is 0 Å². The van der Waals surface area contributed by atoms with Crippen LogP contribution in [0.4, 0.5) is 0 Å². The summed E-state index contributed by atoms with van der Waals surface area (Å²) in [6, 6.07) is 21.2. The van der Waals surface area contributed by atoms with Crippen LogP contribution in [-0.2, 0) is 0 Å². The molecule has 0 aromatic heterocycles. The van der Waals surface area contributed by atoms with E-state index in [1.165, 1.54) is 12.1 Å². The van der Waals surface area contributed by atoms with Crippen molar-refractivity contribution in [3.05, 3.63) is 72.6 Å². The summed E-state index contributed by atoms with van der Waals surface area (Å²) in [4.78, 5) is 9.99. The molecule has 10 heteroatoms. The SMILES string of the molecule is c1cc2c(c(-c3cc4cc(C5CC(n6nccc7cc(-c8cccc9c8OCO9)nc6-7)C5)n(C5CCC5)nc-4n3)c1)OCO2. The standard InChI is InChI=1S/C34H28N6O4/c1-4-22(5-1)39-28(16-21-15-26(36-33(21)38-39)24-6-2-8-29-31(24)43-17-41-29)20-12-23(13-20)40-34-19(10-11-35-40)14-27(37-34)25-7-3-9-30-32(25)44-18-42-30/h2-3,6-11,14-16,20,22-23H,1,4-5,12-13,17-18H2. The molecule has 6 heterocycles. The van der Waals surface area contributed by atoms with Crippen LogP contribution in [0.1, 0.15) is 55.8 Å². The maximum absolute atomic E-state index is 5.77. The molecule has 218 valence electrons. The molecule has 10 nitrogen and oxygen atoms in total. The van der Waals surface area contributed by atoms with Gasteiger partial charge in [-0.3, -0.25) is 4.68 Å². The van der Waals surface area contributed by atoms with Gasteiger partial charge in [0.1, 0.15) is 0 Å². The van der Waals surface area contributed by atoms with Gasteiger partial charge in [-0.2, -0.15) is 10.2 Å². The number of hydrogen-bond acceptors (Lipinski definition) is 8. The average molecular weight is 585 g/mol. The lowest BCUT2D eigenvalue weighted by Gasteiger charge is -2.40. The van der Waals surface area contributed by atoms with Gasteiger partial charge >= 0.3 is 0 Å². The summed E-state index contributed by atoms with van der Waals surface area (Å²) < 4.78 is 27.1. The van der Waals surface area contributed by atoms with Crippen LogP contribution in [0.2, 0.25) is 0 Å². The first-order valence-electron chi connectivity index (χ1n) is 15.3. The van der Waals surface area contributed by atoms with Crippen molar-refractivity contribution < 1.29 is 18.9 Å². The summed E-state index contributed by atoms with van der Waals surface area (Å²) in [7, 11) is 0. The summed E-state index contributed by atoms with van der Waals surface area (Å²) in [5.41, 5.74) is 7.04. The summed E-state index contributed by atoms with van der Waals surface area (Å²) in [5, 5.41) is 9.91. The third-order valence-electron chi connectivity index (χ3n) is 9.63. The van der Waals surface area contributed by atoms with Crippen molar-refractivity contribution in [3.63, 3.8) is 0 Å². The Morgan fingerprint density at radius 2 is 1.39 bits per heavy atom. The molecule has 2 aromatic rings. The predicted octanol–water partition coefficient (Wildman–Crippen LogP) is 6.71. The second-order valence-electron chi connectivity index (χ2n) is 12.1. The Kier molecular flexibility index (Phi) is 5.08. The molecule has 10 rings (SSSR count). The molecule has 0 amide bonds. The van der Waals surface area contributed by atoms with Crippen molar-refractivity contribution in [2.75, 3.05) is 13.6 Å². The Morgan fingerprint density at radius 1 is 0.682 bits per heavy atom. The first kappa shape index (κ1) is 24.3. The van der Waals surface area contributed by atoms with E-state index >= 15 is 0 Å². The molecule has 2 aliphatic carbocycles. The molecule has 44 heavy (non-hydrogen) atoms. The summed E-state index contributed by atoms with van der Waals surface area (Å²) in [6.45, 7) is 0.470. The van der Waals surface area contributed by atoms with E-state index in [0.717, 1.165) is 94.0 Å². The second kappa shape index (κ2) is 9.19. The third kappa shape index (κ3) is 3.60. The Bertz CT molecular complexity index is 2000. The molecular formula is C34H28N6O4. The van der Waals surface area contributed by atoms with Gasteiger partial charge in [-0.1, -0.05) is 12.1 Å². The normalized spacial score (nSPS) is 20.3. The van der Waals surface area contributed by atoms with Gasteiger partial charge in [0.25, 0.3) is 0 Å². The lowest BCUT2D eigenvalue weighted by atomic mass is 9.77. The van der Waals surface area contributed by atoms with E-state index in [4.69, 9.17) is 39.1 Å². The lowest BCUT2D eigenvalue weighted by molar-refractivity contribution is 0.174. The monoisotopic (exact) mass is 584 g/mol. The molecule has 0 radical (unpaired) electrons. The van der Waals surface area contributed by atoms with E-state index in [2.05, 4.69) is 27.6 Å². The van der Waals surface area contributed by atoms with E-state index < -0.39 is 0 Å². The number of hydrogen-bond donors (Lipinski definition) is 0. The van der Waals surface area contributed by atoms with Crippen LogP contribution in [0.15, 0.2) is 66.9 Å². The smallest absolute Gasteiger partial charge is 0.231 e. The minimum absolute atomic E-state index is 0.235. The molecule has 0 unspecified atom stereocenters. The van der Waals surface area contributed by atoms with E-state index in [1.807, 2.05) is 48.7 Å². The van der Waals surface area contributed by atoms with E-state index in [9.17, 15) is 0 Å². The fourth-order valence-corrected chi connectivity index (χ4v) is 7.03. The molecule has 2 fully saturated rings. The highest BCUT2D eigenvalue weighted by Gasteiger charge is 2.38. The molecule has 0 N–H and O–H groups in total. The van der Waals surface area contributed by atoms with Crippen molar-refractivity contribution in [2.24, 2.45) is 0 Å². The predicted molar refractivity (Wildman–Crippen MR) is 160 cm³/mol. The Balaban J connectivity index is 0.976. The minimum Gasteiger partial charge on any atom is -0.454 e. The Labute approximate surface area is 252 Å². The number of nitrogens with zero attached hydrogens (tertiary/aromatic N) is 6. The van der Waals surface area contributed by atoms with Gasteiger partial charge in [-0.15, -0.1) is 0 Å². The van der Waals surface area contributed by atoms with Gasteiger partial charge < -0.3 is 18.9 Å². The zero-order chi connectivity index (χ0) is 28.8. The van der Waals surface area contributed by atoms with Crippen LogP contribution in [0.25, 0.3) is 45.3 Å². The maximum atomic E-state index is 5.77. The molecule has 0 bridgehead atoms. The van der Waals surface area contributed by atoms with Crippen LogP contribution < -0.4 is 18.9 Å². The number of para-hydroxylation sites is 2. The highest BCUT2D eigenvalue weighted by Crippen LogP contribution is 2.50. The summed E-state index contributed by atoms with van der Waals surface area (Å²) in [6.07, 6.45) is 7.40. The summed E-state index contributed by atoms with van der Waals surface area (Å²) in [5.74, 6) is 5.09. The first-order chi connectivity index (χ1) is 21.8. The number of benzene rings is 2. The van der Waals surface area contributed by atoms with Gasteiger partial charge in [-0.25, -0.2) is 14.6 Å².